The SMILES string of the molecule is O=C(Nc1cc(C(=O)N2CC[C@H]3C(C(=O)O)[C@H]3C2)no1)OCC1c2ccccc2-c2ccccc21. The Kier molecular flexibility index (Phi) is 5.05. The van der Waals surface area contributed by atoms with Crippen LogP contribution in [0.15, 0.2) is 59.1 Å². The van der Waals surface area contributed by atoms with E-state index >= 15 is 0 Å². The predicted octanol–water partition coefficient (Wildman–Crippen LogP) is 3.83. The van der Waals surface area contributed by atoms with Gasteiger partial charge >= 0.3 is 12.1 Å². The third-order valence-corrected chi connectivity index (χ3v) is 7.37. The number of hydrogen-bond acceptors (Lipinski definition) is 6. The summed E-state index contributed by atoms with van der Waals surface area (Å²) in [6, 6.07) is 17.5. The van der Waals surface area contributed by atoms with Crippen LogP contribution >= 0.6 is 0 Å². The molecule has 6 rings (SSSR count). The van der Waals surface area contributed by atoms with Gasteiger partial charge in [0, 0.05) is 25.1 Å². The van der Waals surface area contributed by atoms with Crippen molar-refractivity contribution in [2.24, 2.45) is 17.8 Å². The number of amides is 2. The van der Waals surface area contributed by atoms with Gasteiger partial charge in [0.25, 0.3) is 5.91 Å². The molecule has 1 saturated heterocycles. The van der Waals surface area contributed by atoms with Gasteiger partial charge in [-0.25, -0.2) is 4.79 Å². The fraction of sp³-hybridized carbons (Fsp3) is 0.308. The standard InChI is InChI=1S/C26H23N3O6/c30-24(29-10-9-18-19(12-29)23(18)25(31)32)21-11-22(35-28-21)27-26(33)34-13-20-16-7-3-1-5-14(16)15-6-2-4-8-17(15)20/h1-8,11,18-20,23H,9-10,12-13H2,(H,27,33)(H,31,32)/t18-,19+,23?/m1/s1. The summed E-state index contributed by atoms with van der Waals surface area (Å²) in [5, 5.41) is 15.5. The highest BCUT2D eigenvalue weighted by Crippen LogP contribution is 2.51. The second-order valence-corrected chi connectivity index (χ2v) is 9.26. The summed E-state index contributed by atoms with van der Waals surface area (Å²) in [5.74, 6) is -1.42. The molecule has 2 fully saturated rings. The van der Waals surface area contributed by atoms with E-state index in [1.54, 1.807) is 4.90 Å². The number of benzene rings is 2. The summed E-state index contributed by atoms with van der Waals surface area (Å²) in [4.78, 5) is 38.1. The number of piperidine rings is 1. The monoisotopic (exact) mass is 473 g/mol. The fourth-order valence-corrected chi connectivity index (χ4v) is 5.62. The van der Waals surface area contributed by atoms with Gasteiger partial charge in [-0.3, -0.25) is 14.9 Å². The van der Waals surface area contributed by atoms with Gasteiger partial charge in [0.05, 0.1) is 5.92 Å². The van der Waals surface area contributed by atoms with Crippen molar-refractivity contribution in [2.75, 3.05) is 25.0 Å². The maximum Gasteiger partial charge on any atom is 0.414 e. The van der Waals surface area contributed by atoms with Crippen LogP contribution in [0.3, 0.4) is 0 Å². The minimum atomic E-state index is -0.801. The van der Waals surface area contributed by atoms with E-state index in [9.17, 15) is 19.5 Å². The number of nitrogens with zero attached hydrogens (tertiary/aromatic N) is 2. The number of carboxylic acids is 1. The topological polar surface area (TPSA) is 122 Å². The van der Waals surface area contributed by atoms with Crippen LogP contribution in [0.1, 0.15) is 34.0 Å². The van der Waals surface area contributed by atoms with Crippen molar-refractivity contribution >= 4 is 23.9 Å². The molecule has 178 valence electrons. The highest BCUT2D eigenvalue weighted by molar-refractivity contribution is 5.94. The average molecular weight is 473 g/mol. The van der Waals surface area contributed by atoms with Crippen molar-refractivity contribution in [3.05, 3.63) is 71.4 Å². The number of aliphatic carboxylic acids is 1. The Balaban J connectivity index is 1.07. The summed E-state index contributed by atoms with van der Waals surface area (Å²) < 4.78 is 10.6. The second-order valence-electron chi connectivity index (χ2n) is 9.26. The van der Waals surface area contributed by atoms with E-state index in [1.807, 2.05) is 36.4 Å². The number of hydrogen-bond donors (Lipinski definition) is 2. The van der Waals surface area contributed by atoms with Gasteiger partial charge < -0.3 is 19.3 Å². The van der Waals surface area contributed by atoms with E-state index < -0.39 is 12.1 Å². The Hall–Kier alpha value is -4.14. The molecular weight excluding hydrogens is 450 g/mol. The molecule has 2 amide bonds. The molecule has 1 aromatic heterocycles. The molecule has 3 aliphatic rings. The van der Waals surface area contributed by atoms with Crippen molar-refractivity contribution in [3.8, 4) is 11.1 Å². The summed E-state index contributed by atoms with van der Waals surface area (Å²) >= 11 is 0. The average Bonchev–Trinajstić information content (AvgIpc) is 3.26. The van der Waals surface area contributed by atoms with Gasteiger partial charge in [-0.1, -0.05) is 53.7 Å². The molecule has 0 spiro atoms. The quantitative estimate of drug-likeness (QED) is 0.577. The summed E-state index contributed by atoms with van der Waals surface area (Å²) in [6.45, 7) is 1.02. The van der Waals surface area contributed by atoms with Crippen molar-refractivity contribution in [1.82, 2.24) is 10.1 Å². The number of aromatic nitrogens is 1. The molecule has 1 unspecified atom stereocenters. The lowest BCUT2D eigenvalue weighted by Gasteiger charge is -2.25. The number of carboxylic acid groups (broad SMARTS) is 1. The lowest BCUT2D eigenvalue weighted by atomic mass is 9.98. The minimum absolute atomic E-state index is 0.00415. The molecule has 2 aromatic carbocycles. The van der Waals surface area contributed by atoms with Crippen LogP contribution in [0.25, 0.3) is 11.1 Å². The third kappa shape index (κ3) is 3.73. The Morgan fingerprint density at radius 3 is 2.43 bits per heavy atom. The van der Waals surface area contributed by atoms with E-state index in [1.165, 1.54) is 6.07 Å². The Morgan fingerprint density at radius 2 is 1.74 bits per heavy atom. The van der Waals surface area contributed by atoms with Gasteiger partial charge in [-0.2, -0.15) is 0 Å². The van der Waals surface area contributed by atoms with Crippen molar-refractivity contribution in [1.29, 1.82) is 0 Å². The van der Waals surface area contributed by atoms with Crippen LogP contribution in [0.2, 0.25) is 0 Å². The van der Waals surface area contributed by atoms with E-state index in [4.69, 9.17) is 9.26 Å². The largest absolute Gasteiger partial charge is 0.481 e. The zero-order valence-corrected chi connectivity index (χ0v) is 18.7. The summed E-state index contributed by atoms with van der Waals surface area (Å²) in [6.07, 6.45) is -0.0408. The third-order valence-electron chi connectivity index (χ3n) is 7.37. The first-order valence-electron chi connectivity index (χ1n) is 11.6. The van der Waals surface area contributed by atoms with Crippen LogP contribution in [0, 0.1) is 17.8 Å². The molecule has 2 N–H and O–H groups in total. The maximum atomic E-state index is 12.8. The van der Waals surface area contributed by atoms with Gasteiger partial charge in [0.1, 0.15) is 6.61 Å². The van der Waals surface area contributed by atoms with Gasteiger partial charge in [0.15, 0.2) is 5.69 Å². The maximum absolute atomic E-state index is 12.8. The Labute approximate surface area is 200 Å². The Morgan fingerprint density at radius 1 is 1.06 bits per heavy atom. The molecule has 2 heterocycles. The van der Waals surface area contributed by atoms with Crippen LogP contribution in [0.4, 0.5) is 10.7 Å². The lowest BCUT2D eigenvalue weighted by Crippen LogP contribution is -2.37. The van der Waals surface area contributed by atoms with Gasteiger partial charge in [0.2, 0.25) is 5.88 Å². The first-order chi connectivity index (χ1) is 17.0. The van der Waals surface area contributed by atoms with Crippen molar-refractivity contribution < 1.29 is 28.8 Å². The first kappa shape index (κ1) is 21.4. The molecule has 35 heavy (non-hydrogen) atoms. The zero-order chi connectivity index (χ0) is 24.1. The molecule has 9 heteroatoms. The molecule has 2 aliphatic carbocycles. The number of carbonyl (C=O) groups is 3. The number of carbonyl (C=O) groups excluding carboxylic acids is 2. The number of rotatable bonds is 5. The lowest BCUT2D eigenvalue weighted by molar-refractivity contribution is -0.139. The highest BCUT2D eigenvalue weighted by Gasteiger charge is 2.57. The molecule has 0 bridgehead atoms. The van der Waals surface area contributed by atoms with E-state index in [0.29, 0.717) is 19.5 Å². The first-order valence-corrected chi connectivity index (χ1v) is 11.6. The molecular formula is C26H23N3O6. The zero-order valence-electron chi connectivity index (χ0n) is 18.7. The van der Waals surface area contributed by atoms with E-state index in [-0.39, 0.29) is 47.8 Å². The highest BCUT2D eigenvalue weighted by atomic mass is 16.6. The molecule has 1 saturated carbocycles. The summed E-state index contributed by atoms with van der Waals surface area (Å²) in [5.41, 5.74) is 4.56. The van der Waals surface area contributed by atoms with Crippen molar-refractivity contribution in [2.45, 2.75) is 12.3 Å². The number of likely N-dealkylation sites (tertiary alicyclic amines) is 1. The fourth-order valence-electron chi connectivity index (χ4n) is 5.62. The Bertz CT molecular complexity index is 1290. The smallest absolute Gasteiger partial charge is 0.414 e. The van der Waals surface area contributed by atoms with Crippen molar-refractivity contribution in [3.63, 3.8) is 0 Å². The molecule has 3 atom stereocenters. The molecule has 0 radical (unpaired) electrons. The number of ether oxygens (including phenoxy) is 1. The predicted molar refractivity (Wildman–Crippen MR) is 124 cm³/mol. The minimum Gasteiger partial charge on any atom is -0.481 e. The molecule has 9 nitrogen and oxygen atoms in total. The second kappa shape index (κ2) is 8.26. The number of fused-ring (bicyclic) bond motifs is 4. The normalized spacial score (nSPS) is 22.1. The number of anilines is 1. The van der Waals surface area contributed by atoms with E-state index in [2.05, 4.69) is 22.6 Å². The van der Waals surface area contributed by atoms with Gasteiger partial charge in [-0.05, 0) is 40.5 Å². The van der Waals surface area contributed by atoms with Crippen LogP contribution in [0.5, 0.6) is 0 Å². The van der Waals surface area contributed by atoms with Crippen LogP contribution in [-0.2, 0) is 9.53 Å². The van der Waals surface area contributed by atoms with Crippen LogP contribution < -0.4 is 5.32 Å². The molecule has 1 aliphatic heterocycles. The molecule has 3 aromatic rings. The van der Waals surface area contributed by atoms with E-state index in [0.717, 1.165) is 22.3 Å². The number of nitrogens with one attached hydrogen (secondary N) is 1. The summed E-state index contributed by atoms with van der Waals surface area (Å²) in [7, 11) is 0. The van der Waals surface area contributed by atoms with Crippen LogP contribution in [-0.4, -0.2) is 52.8 Å². The van der Waals surface area contributed by atoms with Gasteiger partial charge in [-0.15, -0.1) is 0 Å².